The van der Waals surface area contributed by atoms with Gasteiger partial charge >= 0.3 is 0 Å². The molecular formula is C13H13F2N3O. The second-order valence-electron chi connectivity index (χ2n) is 4.32. The third-order valence-corrected chi connectivity index (χ3v) is 2.88. The Hall–Kier alpha value is -2.24. The van der Waals surface area contributed by atoms with Gasteiger partial charge in [-0.15, -0.1) is 0 Å². The van der Waals surface area contributed by atoms with Crippen LogP contribution in [0.5, 0.6) is 0 Å². The first-order valence-electron chi connectivity index (χ1n) is 5.69. The lowest BCUT2D eigenvalue weighted by Crippen LogP contribution is -2.16. The van der Waals surface area contributed by atoms with E-state index in [9.17, 15) is 13.6 Å². The second kappa shape index (κ2) is 4.79. The topological polar surface area (TPSA) is 57.8 Å². The molecule has 0 unspecified atom stereocenters. The summed E-state index contributed by atoms with van der Waals surface area (Å²) in [7, 11) is 0. The molecule has 1 aromatic heterocycles. The van der Waals surface area contributed by atoms with E-state index in [0.29, 0.717) is 17.0 Å². The average Bonchev–Trinajstić information content (AvgIpc) is 2.69. The summed E-state index contributed by atoms with van der Waals surface area (Å²) in [6.45, 7) is 4.80. The molecule has 0 atom stereocenters. The number of hydrogen-bond donors (Lipinski definition) is 2. The lowest BCUT2D eigenvalue weighted by molar-refractivity contribution is 0.102. The van der Waals surface area contributed by atoms with E-state index < -0.39 is 23.2 Å². The molecule has 1 amide bonds. The zero-order valence-corrected chi connectivity index (χ0v) is 10.8. The zero-order valence-electron chi connectivity index (χ0n) is 10.8. The quantitative estimate of drug-likeness (QED) is 0.877. The van der Waals surface area contributed by atoms with E-state index in [2.05, 4.69) is 15.5 Å². The van der Waals surface area contributed by atoms with E-state index in [1.807, 2.05) is 0 Å². The number of nitrogens with zero attached hydrogens (tertiary/aromatic N) is 1. The van der Waals surface area contributed by atoms with Crippen LogP contribution in [0.2, 0.25) is 0 Å². The molecule has 2 rings (SSSR count). The number of carbonyl (C=O) groups excluding carboxylic acids is 1. The van der Waals surface area contributed by atoms with Gasteiger partial charge in [0.1, 0.15) is 11.5 Å². The Labute approximate surface area is 108 Å². The number of aromatic nitrogens is 2. The number of nitrogens with one attached hydrogen (secondary N) is 2. The molecule has 0 aliphatic heterocycles. The van der Waals surface area contributed by atoms with Gasteiger partial charge in [0.05, 0.1) is 11.3 Å². The van der Waals surface area contributed by atoms with Gasteiger partial charge in [-0.25, -0.2) is 8.78 Å². The standard InChI is InChI=1S/C13H13F2N3O/c1-6-4-5-9(14)12(11(6)15)16-13(19)10-7(2)17-18-8(10)3/h4-5H,1-3H3,(H,16,19)(H,17,18). The molecule has 100 valence electrons. The van der Waals surface area contributed by atoms with Gasteiger partial charge in [-0.05, 0) is 32.4 Å². The number of anilines is 1. The lowest BCUT2D eigenvalue weighted by atomic mass is 10.1. The lowest BCUT2D eigenvalue weighted by Gasteiger charge is -2.09. The van der Waals surface area contributed by atoms with E-state index in [-0.39, 0.29) is 5.56 Å². The van der Waals surface area contributed by atoms with Crippen LogP contribution in [0.1, 0.15) is 27.3 Å². The highest BCUT2D eigenvalue weighted by atomic mass is 19.1. The summed E-state index contributed by atoms with van der Waals surface area (Å²) in [5, 5.41) is 8.77. The van der Waals surface area contributed by atoms with Gasteiger partial charge in [0.25, 0.3) is 5.91 Å². The summed E-state index contributed by atoms with van der Waals surface area (Å²) < 4.78 is 27.3. The van der Waals surface area contributed by atoms with Crippen LogP contribution < -0.4 is 5.32 Å². The van der Waals surface area contributed by atoms with Gasteiger partial charge in [-0.1, -0.05) is 6.07 Å². The SMILES string of the molecule is Cc1ccc(F)c(NC(=O)c2c(C)n[nH]c2C)c1F. The molecule has 19 heavy (non-hydrogen) atoms. The Morgan fingerprint density at radius 1 is 1.26 bits per heavy atom. The predicted octanol–water partition coefficient (Wildman–Crippen LogP) is 2.87. The molecule has 2 N–H and O–H groups in total. The molecule has 6 heteroatoms. The summed E-state index contributed by atoms with van der Waals surface area (Å²) >= 11 is 0. The third kappa shape index (κ3) is 2.33. The minimum atomic E-state index is -0.810. The molecule has 0 spiro atoms. The van der Waals surface area contributed by atoms with Gasteiger partial charge in [0.15, 0.2) is 5.82 Å². The maximum absolute atomic E-state index is 13.8. The maximum Gasteiger partial charge on any atom is 0.259 e. The summed E-state index contributed by atoms with van der Waals surface area (Å²) in [4.78, 5) is 12.0. The highest BCUT2D eigenvalue weighted by molar-refractivity contribution is 6.05. The van der Waals surface area contributed by atoms with E-state index in [4.69, 9.17) is 0 Å². The Balaban J connectivity index is 2.38. The number of halogens is 2. The molecule has 0 bridgehead atoms. The van der Waals surface area contributed by atoms with Crippen LogP contribution in [0.4, 0.5) is 14.5 Å². The zero-order chi connectivity index (χ0) is 14.2. The molecule has 1 aromatic carbocycles. The molecule has 0 saturated carbocycles. The van der Waals surface area contributed by atoms with Crippen molar-refractivity contribution in [3.8, 4) is 0 Å². The van der Waals surface area contributed by atoms with Crippen LogP contribution in [0.3, 0.4) is 0 Å². The van der Waals surface area contributed by atoms with E-state index in [1.165, 1.54) is 13.0 Å². The first-order chi connectivity index (χ1) is 8.91. The van der Waals surface area contributed by atoms with Crippen molar-refractivity contribution in [3.05, 3.63) is 46.3 Å². The Bertz CT molecular complexity index is 630. The van der Waals surface area contributed by atoms with Crippen molar-refractivity contribution in [1.29, 1.82) is 0 Å². The van der Waals surface area contributed by atoms with Crippen LogP contribution in [0.25, 0.3) is 0 Å². The van der Waals surface area contributed by atoms with Gasteiger partial charge < -0.3 is 5.32 Å². The number of H-pyrrole nitrogens is 1. The first-order valence-corrected chi connectivity index (χ1v) is 5.69. The van der Waals surface area contributed by atoms with E-state index in [0.717, 1.165) is 6.07 Å². The van der Waals surface area contributed by atoms with Crippen LogP contribution >= 0.6 is 0 Å². The van der Waals surface area contributed by atoms with Crippen molar-refractivity contribution in [3.63, 3.8) is 0 Å². The molecule has 0 fully saturated rings. The molecule has 0 aliphatic carbocycles. The summed E-state index contributed by atoms with van der Waals surface area (Å²) in [6.07, 6.45) is 0. The minimum absolute atomic E-state index is 0.261. The number of amides is 1. The second-order valence-corrected chi connectivity index (χ2v) is 4.32. The monoisotopic (exact) mass is 265 g/mol. The van der Waals surface area contributed by atoms with Crippen molar-refractivity contribution >= 4 is 11.6 Å². The fourth-order valence-electron chi connectivity index (χ4n) is 1.83. The Kier molecular flexibility index (Phi) is 3.33. The summed E-state index contributed by atoms with van der Waals surface area (Å²) in [5.74, 6) is -2.17. The van der Waals surface area contributed by atoms with Crippen LogP contribution in [-0.2, 0) is 0 Å². The largest absolute Gasteiger partial charge is 0.317 e. The fourth-order valence-corrected chi connectivity index (χ4v) is 1.83. The number of carbonyl (C=O) groups is 1. The molecule has 0 aliphatic rings. The maximum atomic E-state index is 13.8. The van der Waals surface area contributed by atoms with Crippen molar-refractivity contribution < 1.29 is 13.6 Å². The highest BCUT2D eigenvalue weighted by Gasteiger charge is 2.19. The van der Waals surface area contributed by atoms with Crippen LogP contribution in [-0.4, -0.2) is 16.1 Å². The smallest absolute Gasteiger partial charge is 0.259 e. The van der Waals surface area contributed by atoms with Gasteiger partial charge in [0.2, 0.25) is 0 Å². The number of benzene rings is 1. The predicted molar refractivity (Wildman–Crippen MR) is 67.1 cm³/mol. The molecular weight excluding hydrogens is 252 g/mol. The molecule has 0 radical (unpaired) electrons. The number of aromatic amines is 1. The third-order valence-electron chi connectivity index (χ3n) is 2.88. The van der Waals surface area contributed by atoms with Crippen molar-refractivity contribution in [2.24, 2.45) is 0 Å². The molecule has 0 saturated heterocycles. The molecule has 1 heterocycles. The first kappa shape index (κ1) is 13.2. The summed E-state index contributed by atoms with van der Waals surface area (Å²) in [6, 6.07) is 2.43. The van der Waals surface area contributed by atoms with E-state index >= 15 is 0 Å². The van der Waals surface area contributed by atoms with Crippen molar-refractivity contribution in [1.82, 2.24) is 10.2 Å². The fraction of sp³-hybridized carbons (Fsp3) is 0.231. The normalized spacial score (nSPS) is 10.6. The van der Waals surface area contributed by atoms with Crippen LogP contribution in [0.15, 0.2) is 12.1 Å². The van der Waals surface area contributed by atoms with Gasteiger partial charge in [-0.2, -0.15) is 5.10 Å². The Morgan fingerprint density at radius 2 is 1.95 bits per heavy atom. The van der Waals surface area contributed by atoms with Gasteiger partial charge in [-0.3, -0.25) is 9.89 Å². The number of hydrogen-bond acceptors (Lipinski definition) is 2. The Morgan fingerprint density at radius 3 is 2.53 bits per heavy atom. The van der Waals surface area contributed by atoms with E-state index in [1.54, 1.807) is 13.8 Å². The molecule has 2 aromatic rings. The average molecular weight is 265 g/mol. The summed E-state index contributed by atoms with van der Waals surface area (Å²) in [5.41, 5.74) is 1.13. The van der Waals surface area contributed by atoms with Gasteiger partial charge in [0, 0.05) is 5.69 Å². The van der Waals surface area contributed by atoms with Crippen molar-refractivity contribution in [2.45, 2.75) is 20.8 Å². The van der Waals surface area contributed by atoms with Crippen LogP contribution in [0, 0.1) is 32.4 Å². The number of rotatable bonds is 2. The molecule has 4 nitrogen and oxygen atoms in total. The minimum Gasteiger partial charge on any atom is -0.317 e. The number of aryl methyl sites for hydroxylation is 3. The van der Waals surface area contributed by atoms with Crippen molar-refractivity contribution in [2.75, 3.05) is 5.32 Å². The highest BCUT2D eigenvalue weighted by Crippen LogP contribution is 2.23.